The average molecular weight is 355 g/mol. The van der Waals surface area contributed by atoms with Crippen molar-refractivity contribution in [1.82, 2.24) is 10.2 Å². The van der Waals surface area contributed by atoms with Gasteiger partial charge in [-0.15, -0.1) is 0 Å². The summed E-state index contributed by atoms with van der Waals surface area (Å²) in [5, 5.41) is 3.23. The molecule has 1 aliphatic heterocycles. The maximum absolute atomic E-state index is 13.6. The number of hydrogen-bond acceptors (Lipinski definition) is 3. The molecule has 5 nitrogen and oxygen atoms in total. The van der Waals surface area contributed by atoms with Gasteiger partial charge in [-0.1, -0.05) is 0 Å². The van der Waals surface area contributed by atoms with Crippen molar-refractivity contribution in [2.24, 2.45) is 10.9 Å². The van der Waals surface area contributed by atoms with Crippen LogP contribution in [-0.4, -0.2) is 64.5 Å². The largest absolute Gasteiger partial charge is 0.382 e. The Morgan fingerprint density at radius 1 is 1.36 bits per heavy atom. The van der Waals surface area contributed by atoms with Crippen LogP contribution >= 0.6 is 0 Å². The van der Waals surface area contributed by atoms with E-state index in [0.29, 0.717) is 44.3 Å². The van der Waals surface area contributed by atoms with Gasteiger partial charge in [0.1, 0.15) is 11.6 Å². The normalized spacial score (nSPS) is 18.0. The van der Waals surface area contributed by atoms with E-state index in [1.165, 1.54) is 6.07 Å². The number of nitrogens with zero attached hydrogens (tertiary/aromatic N) is 2. The second-order valence-corrected chi connectivity index (χ2v) is 6.13. The maximum atomic E-state index is 13.6. The topological polar surface area (TPSA) is 46.1 Å². The van der Waals surface area contributed by atoms with Crippen LogP contribution in [0.15, 0.2) is 23.2 Å². The highest BCUT2D eigenvalue weighted by Crippen LogP contribution is 2.16. The zero-order valence-corrected chi connectivity index (χ0v) is 14.9. The van der Waals surface area contributed by atoms with Gasteiger partial charge in [0.15, 0.2) is 5.96 Å². The van der Waals surface area contributed by atoms with Gasteiger partial charge in [0.25, 0.3) is 0 Å². The van der Waals surface area contributed by atoms with Crippen molar-refractivity contribution in [2.45, 2.75) is 12.8 Å². The fourth-order valence-corrected chi connectivity index (χ4v) is 2.93. The highest BCUT2D eigenvalue weighted by atomic mass is 19.1. The molecule has 1 atom stereocenters. The summed E-state index contributed by atoms with van der Waals surface area (Å²) in [4.78, 5) is 6.46. The predicted molar refractivity (Wildman–Crippen MR) is 93.8 cm³/mol. The number of benzene rings is 1. The second kappa shape index (κ2) is 10.3. The van der Waals surface area contributed by atoms with Crippen LogP contribution < -0.4 is 5.32 Å². The lowest BCUT2D eigenvalue weighted by Gasteiger charge is -2.21. The Hall–Kier alpha value is -1.73. The zero-order valence-electron chi connectivity index (χ0n) is 14.9. The molecule has 7 heteroatoms. The Balaban J connectivity index is 1.74. The van der Waals surface area contributed by atoms with Crippen molar-refractivity contribution in [3.8, 4) is 0 Å². The molecule has 2 rings (SSSR count). The van der Waals surface area contributed by atoms with Crippen molar-refractivity contribution in [2.75, 3.05) is 53.6 Å². The van der Waals surface area contributed by atoms with Gasteiger partial charge in [-0.3, -0.25) is 4.99 Å². The quantitative estimate of drug-likeness (QED) is 0.441. The van der Waals surface area contributed by atoms with Gasteiger partial charge in [0.2, 0.25) is 0 Å². The Morgan fingerprint density at radius 3 is 2.96 bits per heavy atom. The smallest absolute Gasteiger partial charge is 0.193 e. The van der Waals surface area contributed by atoms with Crippen LogP contribution in [0, 0.1) is 17.6 Å². The molecule has 0 aliphatic carbocycles. The lowest BCUT2D eigenvalue weighted by atomic mass is 10.1. The van der Waals surface area contributed by atoms with Crippen LogP contribution in [0.5, 0.6) is 0 Å². The predicted octanol–water partition coefficient (Wildman–Crippen LogP) is 2.07. The number of guanidine groups is 1. The first kappa shape index (κ1) is 19.6. The summed E-state index contributed by atoms with van der Waals surface area (Å²) in [6.07, 6.45) is 1.45. The standard InChI is InChI=1S/C18H27F2N3O2/c1-21-18(22-7-5-15-11-16(19)3-4-17(15)20)23-8-6-14(12-23)13-25-10-9-24-2/h3-4,11,14H,5-10,12-13H2,1-2H3,(H,21,22). The lowest BCUT2D eigenvalue weighted by molar-refractivity contribution is 0.0536. The van der Waals surface area contributed by atoms with Gasteiger partial charge < -0.3 is 19.7 Å². The van der Waals surface area contributed by atoms with Crippen LogP contribution in [0.3, 0.4) is 0 Å². The monoisotopic (exact) mass is 355 g/mol. The first-order valence-electron chi connectivity index (χ1n) is 8.60. The van der Waals surface area contributed by atoms with Crippen LogP contribution in [0.4, 0.5) is 8.78 Å². The molecule has 1 fully saturated rings. The van der Waals surface area contributed by atoms with E-state index in [1.54, 1.807) is 14.2 Å². The molecule has 0 spiro atoms. The van der Waals surface area contributed by atoms with Crippen LogP contribution in [-0.2, 0) is 15.9 Å². The Morgan fingerprint density at radius 2 is 2.20 bits per heavy atom. The van der Waals surface area contributed by atoms with Crippen molar-refractivity contribution >= 4 is 5.96 Å². The summed E-state index contributed by atoms with van der Waals surface area (Å²) in [5.41, 5.74) is 0.369. The van der Waals surface area contributed by atoms with E-state index in [9.17, 15) is 8.78 Å². The minimum Gasteiger partial charge on any atom is -0.382 e. The molecule has 0 aromatic heterocycles. The minimum atomic E-state index is -0.420. The fraction of sp³-hybridized carbons (Fsp3) is 0.611. The molecule has 1 aromatic carbocycles. The van der Waals surface area contributed by atoms with E-state index in [0.717, 1.165) is 37.6 Å². The molecule has 0 bridgehead atoms. The van der Waals surface area contributed by atoms with Gasteiger partial charge in [-0.25, -0.2) is 8.78 Å². The number of rotatable bonds is 8. The van der Waals surface area contributed by atoms with E-state index in [4.69, 9.17) is 9.47 Å². The van der Waals surface area contributed by atoms with E-state index in [1.807, 2.05) is 0 Å². The maximum Gasteiger partial charge on any atom is 0.193 e. The summed E-state index contributed by atoms with van der Waals surface area (Å²) < 4.78 is 37.4. The fourth-order valence-electron chi connectivity index (χ4n) is 2.93. The molecule has 0 amide bonds. The molecule has 1 unspecified atom stereocenters. The lowest BCUT2D eigenvalue weighted by Crippen LogP contribution is -2.41. The Labute approximate surface area is 148 Å². The third-order valence-electron chi connectivity index (χ3n) is 4.27. The Bertz CT molecular complexity index is 569. The number of likely N-dealkylation sites (tertiary alicyclic amines) is 1. The molecule has 0 radical (unpaired) electrons. The number of methoxy groups -OCH3 is 1. The number of aliphatic imine (C=N–C) groups is 1. The highest BCUT2D eigenvalue weighted by Gasteiger charge is 2.24. The molecule has 1 saturated heterocycles. The van der Waals surface area contributed by atoms with E-state index >= 15 is 0 Å². The van der Waals surface area contributed by atoms with Crippen molar-refractivity contribution in [3.05, 3.63) is 35.4 Å². The van der Waals surface area contributed by atoms with Gasteiger partial charge in [0.05, 0.1) is 19.8 Å². The SMILES string of the molecule is CN=C(NCCc1cc(F)ccc1F)N1CCC(COCCOC)C1. The molecule has 25 heavy (non-hydrogen) atoms. The third kappa shape index (κ3) is 6.25. The van der Waals surface area contributed by atoms with Crippen LogP contribution in [0.25, 0.3) is 0 Å². The second-order valence-electron chi connectivity index (χ2n) is 6.13. The Kier molecular flexibility index (Phi) is 8.08. The van der Waals surface area contributed by atoms with E-state index in [2.05, 4.69) is 15.2 Å². The van der Waals surface area contributed by atoms with Gasteiger partial charge in [0, 0.05) is 39.7 Å². The summed E-state index contributed by atoms with van der Waals surface area (Å²) in [7, 11) is 3.39. The van der Waals surface area contributed by atoms with E-state index in [-0.39, 0.29) is 5.82 Å². The third-order valence-corrected chi connectivity index (χ3v) is 4.27. The highest BCUT2D eigenvalue weighted by molar-refractivity contribution is 5.80. The molecule has 1 N–H and O–H groups in total. The molecular formula is C18H27F2N3O2. The zero-order chi connectivity index (χ0) is 18.1. The average Bonchev–Trinajstić information content (AvgIpc) is 3.07. The van der Waals surface area contributed by atoms with Crippen molar-refractivity contribution in [3.63, 3.8) is 0 Å². The van der Waals surface area contributed by atoms with Crippen LogP contribution in [0.2, 0.25) is 0 Å². The van der Waals surface area contributed by atoms with Crippen molar-refractivity contribution < 1.29 is 18.3 Å². The van der Waals surface area contributed by atoms with Gasteiger partial charge in [-0.05, 0) is 36.6 Å². The summed E-state index contributed by atoms with van der Waals surface area (Å²) in [5.74, 6) is 0.455. The first-order chi connectivity index (χ1) is 12.1. The van der Waals surface area contributed by atoms with Crippen LogP contribution in [0.1, 0.15) is 12.0 Å². The molecule has 1 aromatic rings. The molecule has 140 valence electrons. The summed E-state index contributed by atoms with van der Waals surface area (Å²) in [6.45, 7) is 4.21. The van der Waals surface area contributed by atoms with Gasteiger partial charge >= 0.3 is 0 Å². The number of ether oxygens (including phenoxy) is 2. The van der Waals surface area contributed by atoms with Gasteiger partial charge in [-0.2, -0.15) is 0 Å². The first-order valence-corrected chi connectivity index (χ1v) is 8.60. The summed E-state index contributed by atoms with van der Waals surface area (Å²) >= 11 is 0. The number of hydrogen-bond donors (Lipinski definition) is 1. The van der Waals surface area contributed by atoms with Crippen molar-refractivity contribution in [1.29, 1.82) is 0 Å². The molecule has 0 saturated carbocycles. The summed E-state index contributed by atoms with van der Waals surface area (Å²) in [6, 6.07) is 3.53. The molecule has 1 heterocycles. The molecular weight excluding hydrogens is 328 g/mol. The van der Waals surface area contributed by atoms with E-state index < -0.39 is 5.82 Å². The number of nitrogens with one attached hydrogen (secondary N) is 1. The number of halogens is 2. The minimum absolute atomic E-state index is 0.369. The molecule has 1 aliphatic rings.